The van der Waals surface area contributed by atoms with Crippen LogP contribution in [0.25, 0.3) is 0 Å². The minimum absolute atomic E-state index is 0.118. The van der Waals surface area contributed by atoms with E-state index in [1.54, 1.807) is 6.92 Å². The fourth-order valence-electron chi connectivity index (χ4n) is 2.92. The lowest BCUT2D eigenvalue weighted by Gasteiger charge is -2.26. The highest BCUT2D eigenvalue weighted by Crippen LogP contribution is 2.37. The number of aliphatic imine (C=N–C) groups is 1. The van der Waals surface area contributed by atoms with Gasteiger partial charge in [0.05, 0.1) is 11.1 Å². The van der Waals surface area contributed by atoms with Crippen LogP contribution in [0.5, 0.6) is 0 Å². The summed E-state index contributed by atoms with van der Waals surface area (Å²) in [7, 11) is 0. The number of nitrogens with zero attached hydrogens (tertiary/aromatic N) is 2. The summed E-state index contributed by atoms with van der Waals surface area (Å²) < 4.78 is 0.745. The molecule has 2 aromatic carbocycles. The largest absolute Gasteiger partial charge is 0.621 e. The molecule has 0 saturated heterocycles. The second-order valence-corrected chi connectivity index (χ2v) is 5.30. The molecule has 1 aliphatic heterocycles. The standard InChI is InChI=1S/C18H16N2O2/c1-13-17(14(2)21)20(22)18(19-13,15-9-5-3-6-10-15)16-11-7-4-8-12-16/h3-12H,1-2H3. The quantitative estimate of drug-likeness (QED) is 0.645. The van der Waals surface area contributed by atoms with E-state index in [1.807, 2.05) is 60.7 Å². The SMILES string of the molecule is CC(=O)C1=[N+]([O-])C(c2ccccc2)(c2ccccc2)N=C1C. The molecule has 1 aliphatic rings. The lowest BCUT2D eigenvalue weighted by Crippen LogP contribution is -2.37. The molecular weight excluding hydrogens is 276 g/mol. The van der Waals surface area contributed by atoms with Gasteiger partial charge in [0.25, 0.3) is 5.71 Å². The van der Waals surface area contributed by atoms with E-state index in [0.29, 0.717) is 5.71 Å². The first kappa shape index (κ1) is 14.2. The zero-order valence-corrected chi connectivity index (χ0v) is 12.5. The lowest BCUT2D eigenvalue weighted by molar-refractivity contribution is -0.537. The van der Waals surface area contributed by atoms with Gasteiger partial charge in [-0.1, -0.05) is 36.4 Å². The molecule has 4 nitrogen and oxygen atoms in total. The third kappa shape index (κ3) is 1.96. The first-order valence-electron chi connectivity index (χ1n) is 7.10. The van der Waals surface area contributed by atoms with Crippen molar-refractivity contribution in [3.63, 3.8) is 0 Å². The van der Waals surface area contributed by atoms with Crippen LogP contribution in [0, 0.1) is 5.21 Å². The zero-order chi connectivity index (χ0) is 15.7. The number of benzene rings is 2. The number of Topliss-reactive ketones (excluding diaryl/α,β-unsaturated/α-hetero) is 1. The molecule has 0 bridgehead atoms. The van der Waals surface area contributed by atoms with Crippen molar-refractivity contribution >= 4 is 17.2 Å². The fourth-order valence-corrected chi connectivity index (χ4v) is 2.92. The van der Waals surface area contributed by atoms with Gasteiger partial charge >= 0.3 is 5.66 Å². The molecule has 0 fully saturated rings. The van der Waals surface area contributed by atoms with E-state index in [-0.39, 0.29) is 11.5 Å². The lowest BCUT2D eigenvalue weighted by atomic mass is 9.92. The van der Waals surface area contributed by atoms with Gasteiger partial charge in [-0.05, 0) is 31.2 Å². The average molecular weight is 292 g/mol. The molecular formula is C18H16N2O2. The normalized spacial score (nSPS) is 16.5. The van der Waals surface area contributed by atoms with Gasteiger partial charge in [-0.3, -0.25) is 4.79 Å². The monoisotopic (exact) mass is 292 g/mol. The van der Waals surface area contributed by atoms with Crippen LogP contribution in [0.2, 0.25) is 0 Å². The van der Waals surface area contributed by atoms with Crippen LogP contribution in [-0.4, -0.2) is 21.9 Å². The maximum atomic E-state index is 13.0. The predicted molar refractivity (Wildman–Crippen MR) is 86.1 cm³/mol. The highest BCUT2D eigenvalue weighted by Gasteiger charge is 2.50. The third-order valence-electron chi connectivity index (χ3n) is 3.86. The van der Waals surface area contributed by atoms with E-state index in [2.05, 4.69) is 4.99 Å². The van der Waals surface area contributed by atoms with Crippen LogP contribution in [0.15, 0.2) is 65.7 Å². The molecule has 110 valence electrons. The van der Waals surface area contributed by atoms with Crippen molar-refractivity contribution in [3.05, 3.63) is 77.0 Å². The minimum Gasteiger partial charge on any atom is -0.621 e. The van der Waals surface area contributed by atoms with Gasteiger partial charge in [0.15, 0.2) is 0 Å². The van der Waals surface area contributed by atoms with Gasteiger partial charge in [0.1, 0.15) is 5.71 Å². The number of ketones is 1. The summed E-state index contributed by atoms with van der Waals surface area (Å²) in [6.45, 7) is 3.10. The summed E-state index contributed by atoms with van der Waals surface area (Å²) in [6, 6.07) is 18.7. The Balaban J connectivity index is 2.35. The minimum atomic E-state index is -1.23. The van der Waals surface area contributed by atoms with E-state index in [1.165, 1.54) is 6.92 Å². The highest BCUT2D eigenvalue weighted by atomic mass is 16.5. The highest BCUT2D eigenvalue weighted by molar-refractivity contribution is 6.65. The number of carbonyl (C=O) groups excluding carboxylic acids is 1. The maximum Gasteiger partial charge on any atom is 0.319 e. The molecule has 0 atom stereocenters. The first-order chi connectivity index (χ1) is 10.6. The van der Waals surface area contributed by atoms with Gasteiger partial charge in [0.2, 0.25) is 5.78 Å². The summed E-state index contributed by atoms with van der Waals surface area (Å²) in [5.41, 5.74) is 0.842. The Labute approximate surface area is 129 Å². The van der Waals surface area contributed by atoms with E-state index >= 15 is 0 Å². The topological polar surface area (TPSA) is 55.5 Å². The molecule has 4 heteroatoms. The van der Waals surface area contributed by atoms with E-state index < -0.39 is 5.66 Å². The Morgan fingerprint density at radius 2 is 1.45 bits per heavy atom. The second kappa shape index (κ2) is 5.22. The number of hydrogen-bond acceptors (Lipinski definition) is 3. The van der Waals surface area contributed by atoms with Gasteiger partial charge < -0.3 is 5.21 Å². The summed E-state index contributed by atoms with van der Waals surface area (Å²) in [5.74, 6) is -0.273. The maximum absolute atomic E-state index is 13.0. The van der Waals surface area contributed by atoms with Crippen LogP contribution < -0.4 is 0 Å². The van der Waals surface area contributed by atoms with Crippen molar-refractivity contribution in [1.82, 2.24) is 0 Å². The number of hydrogen-bond donors (Lipinski definition) is 0. The van der Waals surface area contributed by atoms with Crippen molar-refractivity contribution in [2.24, 2.45) is 4.99 Å². The summed E-state index contributed by atoms with van der Waals surface area (Å²) >= 11 is 0. The molecule has 0 aliphatic carbocycles. The van der Waals surface area contributed by atoms with Gasteiger partial charge in [0, 0.05) is 6.92 Å². The fraction of sp³-hybridized carbons (Fsp3) is 0.167. The molecule has 22 heavy (non-hydrogen) atoms. The Morgan fingerprint density at radius 1 is 1.00 bits per heavy atom. The molecule has 0 radical (unpaired) electrons. The van der Waals surface area contributed by atoms with Gasteiger partial charge in [-0.25, -0.2) is 4.99 Å². The number of hydroxylamine groups is 1. The van der Waals surface area contributed by atoms with Crippen molar-refractivity contribution in [2.75, 3.05) is 0 Å². The molecule has 0 amide bonds. The predicted octanol–water partition coefficient (Wildman–Crippen LogP) is 2.90. The molecule has 3 rings (SSSR count). The van der Waals surface area contributed by atoms with Crippen molar-refractivity contribution in [2.45, 2.75) is 19.5 Å². The Morgan fingerprint density at radius 3 is 1.82 bits per heavy atom. The third-order valence-corrected chi connectivity index (χ3v) is 3.86. The van der Waals surface area contributed by atoms with Crippen molar-refractivity contribution in [1.29, 1.82) is 0 Å². The molecule has 0 N–H and O–H groups in total. The first-order valence-corrected chi connectivity index (χ1v) is 7.10. The average Bonchev–Trinajstić information content (AvgIpc) is 2.81. The van der Waals surface area contributed by atoms with E-state index in [9.17, 15) is 10.0 Å². The van der Waals surface area contributed by atoms with Gasteiger partial charge in [-0.2, -0.15) is 4.74 Å². The van der Waals surface area contributed by atoms with Crippen LogP contribution in [-0.2, 0) is 10.5 Å². The van der Waals surface area contributed by atoms with E-state index in [4.69, 9.17) is 0 Å². The molecule has 1 heterocycles. The zero-order valence-electron chi connectivity index (χ0n) is 12.5. The molecule has 0 unspecified atom stereocenters. The van der Waals surface area contributed by atoms with Crippen molar-refractivity contribution < 1.29 is 9.53 Å². The van der Waals surface area contributed by atoms with Crippen LogP contribution >= 0.6 is 0 Å². The Bertz CT molecular complexity index is 738. The van der Waals surface area contributed by atoms with Gasteiger partial charge in [-0.15, -0.1) is 0 Å². The second-order valence-electron chi connectivity index (χ2n) is 5.30. The van der Waals surface area contributed by atoms with Crippen LogP contribution in [0.3, 0.4) is 0 Å². The van der Waals surface area contributed by atoms with E-state index in [0.717, 1.165) is 15.9 Å². The Kier molecular flexibility index (Phi) is 3.37. The number of rotatable bonds is 3. The molecule has 2 aromatic rings. The summed E-state index contributed by atoms with van der Waals surface area (Å²) in [4.78, 5) is 16.5. The smallest absolute Gasteiger partial charge is 0.319 e. The van der Waals surface area contributed by atoms with Crippen LogP contribution in [0.4, 0.5) is 0 Å². The van der Waals surface area contributed by atoms with Crippen LogP contribution in [0.1, 0.15) is 25.0 Å². The van der Waals surface area contributed by atoms with Crippen molar-refractivity contribution in [3.8, 4) is 0 Å². The summed E-state index contributed by atoms with van der Waals surface area (Å²) in [6.07, 6.45) is 0. The summed E-state index contributed by atoms with van der Waals surface area (Å²) in [5, 5.41) is 13.0. The number of carbonyl (C=O) groups is 1. The molecule has 0 aromatic heterocycles. The molecule has 0 saturated carbocycles. The molecule has 0 spiro atoms. The Hall–Kier alpha value is -2.75.